The van der Waals surface area contributed by atoms with E-state index in [1.165, 1.54) is 19.2 Å². The molecule has 1 saturated carbocycles. The first-order chi connectivity index (χ1) is 26.6. The van der Waals surface area contributed by atoms with Gasteiger partial charge in [0.25, 0.3) is 5.91 Å². The number of fused-ring (bicyclic) bond motifs is 4. The van der Waals surface area contributed by atoms with Gasteiger partial charge in [-0.25, -0.2) is 0 Å². The van der Waals surface area contributed by atoms with Gasteiger partial charge in [0.1, 0.15) is 17.6 Å². The van der Waals surface area contributed by atoms with Crippen molar-refractivity contribution in [3.63, 3.8) is 0 Å². The second-order valence-corrected chi connectivity index (χ2v) is 15.8. The summed E-state index contributed by atoms with van der Waals surface area (Å²) < 4.78 is 12.0. The number of aromatic amines is 1. The number of carbonyl (C=O) groups is 2. The second-order valence-electron chi connectivity index (χ2n) is 15.4. The van der Waals surface area contributed by atoms with Crippen molar-refractivity contribution in [2.24, 2.45) is 5.92 Å². The van der Waals surface area contributed by atoms with E-state index in [2.05, 4.69) is 38.7 Å². The number of aryl methyl sites for hydroxylation is 1. The molecular weight excluding hydrogens is 720 g/mol. The maximum atomic E-state index is 14.0. The van der Waals surface area contributed by atoms with Gasteiger partial charge in [-0.3, -0.25) is 19.3 Å². The van der Waals surface area contributed by atoms with Crippen molar-refractivity contribution in [3.8, 4) is 11.5 Å². The maximum Gasteiger partial charge on any atom is 0.316 e. The van der Waals surface area contributed by atoms with Crippen LogP contribution in [0.1, 0.15) is 90.1 Å². The third-order valence-corrected chi connectivity index (χ3v) is 12.2. The molecule has 2 bridgehead atoms. The quantitative estimate of drug-likeness (QED) is 0.0777. The smallest absolute Gasteiger partial charge is 0.316 e. The van der Waals surface area contributed by atoms with E-state index in [-0.39, 0.29) is 46.4 Å². The van der Waals surface area contributed by atoms with Crippen LogP contribution in [0.5, 0.6) is 11.5 Å². The lowest BCUT2D eigenvalue weighted by Gasteiger charge is -2.45. The van der Waals surface area contributed by atoms with Crippen LogP contribution in [0.3, 0.4) is 0 Å². The van der Waals surface area contributed by atoms with Crippen molar-refractivity contribution in [1.82, 2.24) is 20.5 Å². The number of piperidine rings is 3. The molecule has 12 heteroatoms. The van der Waals surface area contributed by atoms with Gasteiger partial charge in [0.15, 0.2) is 0 Å². The lowest BCUT2D eigenvalue weighted by molar-refractivity contribution is -0.167. The van der Waals surface area contributed by atoms with E-state index >= 15 is 0 Å². The number of aliphatic hydroxyl groups is 1. The van der Waals surface area contributed by atoms with E-state index in [0.29, 0.717) is 53.3 Å². The summed E-state index contributed by atoms with van der Waals surface area (Å²) >= 11 is 6.62. The Morgan fingerprint density at radius 3 is 2.60 bits per heavy atom. The lowest BCUT2D eigenvalue weighted by atomic mass is 9.69. The molecule has 0 spiro atoms. The first kappa shape index (κ1) is 38.8. The number of halogens is 1. The van der Waals surface area contributed by atoms with Crippen molar-refractivity contribution in [2.45, 2.75) is 82.0 Å². The van der Waals surface area contributed by atoms with Crippen molar-refractivity contribution in [2.75, 3.05) is 39.8 Å². The number of methoxy groups -OCH3 is 1. The van der Waals surface area contributed by atoms with Crippen LogP contribution in [-0.4, -0.2) is 77.9 Å². The molecule has 11 nitrogen and oxygen atoms in total. The number of hydrogen-bond donors (Lipinski definition) is 5. The minimum absolute atomic E-state index is 0.00422. The van der Waals surface area contributed by atoms with Crippen LogP contribution in [0, 0.1) is 5.92 Å². The molecule has 4 heterocycles. The molecule has 2 atom stereocenters. The van der Waals surface area contributed by atoms with E-state index in [4.69, 9.17) is 21.1 Å². The van der Waals surface area contributed by atoms with Crippen LogP contribution in [0.25, 0.3) is 10.9 Å². The number of phenolic OH excluding ortho intramolecular Hbond substituents is 1. The minimum Gasteiger partial charge on any atom is -0.506 e. The number of aromatic hydroxyl groups is 1. The molecule has 3 aromatic carbocycles. The number of hydrogen-bond acceptors (Lipinski definition) is 9. The molecular formula is C43H51ClN4O7. The number of rotatable bonds is 14. The summed E-state index contributed by atoms with van der Waals surface area (Å²) in [5.41, 5.74) is 3.05. The van der Waals surface area contributed by atoms with Crippen molar-refractivity contribution in [3.05, 3.63) is 104 Å². The van der Waals surface area contributed by atoms with Crippen LogP contribution in [0.15, 0.2) is 65.5 Å². The minimum atomic E-state index is -0.937. The van der Waals surface area contributed by atoms with E-state index in [0.717, 1.165) is 82.1 Å². The standard InChI is InChI=1S/C43H51ClN4O7/c1-54-37-23-33(34(44)22-29(37)24-45-25-36(50)31-10-12-35(49)40-32(31)11-13-39(51)47-40)41(52)46-18-6-8-27-7-5-9-30(21-27)43(16-3-2-4-17-43)42(53)55-38-26-48-19-14-28(38)15-20-48/h5,7,9-13,21-23,28,36,38,45,49-50H,2-4,6,8,14-20,24-26H2,1H3,(H,46,52)(H,47,51)/t36-,38?/m0/s1. The van der Waals surface area contributed by atoms with Gasteiger partial charge >= 0.3 is 5.97 Å². The number of ether oxygens (including phenoxy) is 2. The molecule has 1 unspecified atom stereocenters. The highest BCUT2D eigenvalue weighted by Gasteiger charge is 2.46. The summed E-state index contributed by atoms with van der Waals surface area (Å²) in [5, 5.41) is 28.1. The Balaban J connectivity index is 0.929. The molecule has 292 valence electrons. The largest absolute Gasteiger partial charge is 0.506 e. The maximum absolute atomic E-state index is 14.0. The topological polar surface area (TPSA) is 153 Å². The SMILES string of the molecule is COc1cc(C(=O)NCCCc2cccc(C3(C(=O)OC4CN5CCC4CC5)CCCCC3)c2)c(Cl)cc1CNC[C@H](O)c1ccc(O)c2[nH]c(=O)ccc12. The molecule has 5 N–H and O–H groups in total. The summed E-state index contributed by atoms with van der Waals surface area (Å²) in [6, 6.07) is 17.7. The van der Waals surface area contributed by atoms with Crippen molar-refractivity contribution >= 4 is 34.4 Å². The summed E-state index contributed by atoms with van der Waals surface area (Å²) in [6.45, 7) is 3.98. The van der Waals surface area contributed by atoms with Gasteiger partial charge in [0, 0.05) is 43.2 Å². The Hall–Kier alpha value is -4.42. The zero-order valence-electron chi connectivity index (χ0n) is 31.4. The molecule has 4 aromatic rings. The monoisotopic (exact) mass is 770 g/mol. The van der Waals surface area contributed by atoms with Crippen molar-refractivity contribution < 1.29 is 29.3 Å². The Morgan fingerprint density at radius 2 is 1.85 bits per heavy atom. The van der Waals surface area contributed by atoms with Crippen LogP contribution in [0.4, 0.5) is 0 Å². The highest BCUT2D eigenvalue weighted by molar-refractivity contribution is 6.34. The number of amides is 1. The number of phenols is 1. The Bertz CT molecular complexity index is 2070. The van der Waals surface area contributed by atoms with E-state index in [1.807, 2.05) is 6.07 Å². The molecule has 8 rings (SSSR count). The summed E-state index contributed by atoms with van der Waals surface area (Å²) in [4.78, 5) is 44.0. The first-order valence-corrected chi connectivity index (χ1v) is 19.9. The average molecular weight is 771 g/mol. The molecule has 1 amide bonds. The van der Waals surface area contributed by atoms with Gasteiger partial charge in [0.05, 0.1) is 34.7 Å². The third kappa shape index (κ3) is 8.55. The highest BCUT2D eigenvalue weighted by atomic mass is 35.5. The summed E-state index contributed by atoms with van der Waals surface area (Å²) in [7, 11) is 1.52. The molecule has 4 fully saturated rings. The number of aliphatic hydroxyl groups excluding tert-OH is 1. The highest BCUT2D eigenvalue weighted by Crippen LogP contribution is 2.42. The number of H-pyrrole nitrogens is 1. The zero-order chi connectivity index (χ0) is 38.5. The average Bonchev–Trinajstić information content (AvgIpc) is 3.20. The molecule has 3 saturated heterocycles. The Morgan fingerprint density at radius 1 is 1.05 bits per heavy atom. The number of carbonyl (C=O) groups excluding carboxylic acids is 2. The Kier molecular flexibility index (Phi) is 12.1. The molecule has 4 aliphatic rings. The number of aromatic nitrogens is 1. The number of nitrogens with zero attached hydrogens (tertiary/aromatic N) is 1. The summed E-state index contributed by atoms with van der Waals surface area (Å²) in [6.07, 6.45) is 7.53. The fraction of sp³-hybridized carbons (Fsp3) is 0.465. The molecule has 1 aromatic heterocycles. The fourth-order valence-corrected chi connectivity index (χ4v) is 9.05. The third-order valence-electron chi connectivity index (χ3n) is 11.9. The predicted octanol–water partition coefficient (Wildman–Crippen LogP) is 5.92. The van der Waals surface area contributed by atoms with Crippen LogP contribution in [-0.2, 0) is 27.9 Å². The van der Waals surface area contributed by atoms with Gasteiger partial charge in [-0.05, 0) is 98.5 Å². The first-order valence-electron chi connectivity index (χ1n) is 19.6. The van der Waals surface area contributed by atoms with E-state index < -0.39 is 11.5 Å². The molecule has 0 radical (unpaired) electrons. The number of nitrogens with one attached hydrogen (secondary N) is 3. The van der Waals surface area contributed by atoms with Crippen molar-refractivity contribution in [1.29, 1.82) is 0 Å². The van der Waals surface area contributed by atoms with Gasteiger partial charge in [0.2, 0.25) is 5.56 Å². The second kappa shape index (κ2) is 17.2. The number of benzene rings is 3. The number of pyridine rings is 1. The van der Waals surface area contributed by atoms with Gasteiger partial charge < -0.3 is 35.3 Å². The fourth-order valence-electron chi connectivity index (χ4n) is 8.77. The Labute approximate surface area is 326 Å². The lowest BCUT2D eigenvalue weighted by Crippen LogP contribution is -2.53. The summed E-state index contributed by atoms with van der Waals surface area (Å²) in [5.74, 6) is 0.519. The normalized spacial score (nSPS) is 20.9. The van der Waals surface area contributed by atoms with E-state index in [9.17, 15) is 24.6 Å². The zero-order valence-corrected chi connectivity index (χ0v) is 32.1. The van der Waals surface area contributed by atoms with E-state index in [1.54, 1.807) is 24.3 Å². The molecule has 3 aliphatic heterocycles. The predicted molar refractivity (Wildman–Crippen MR) is 212 cm³/mol. The van der Waals surface area contributed by atoms with Crippen LogP contribution in [0.2, 0.25) is 5.02 Å². The van der Waals surface area contributed by atoms with Gasteiger partial charge in [-0.15, -0.1) is 0 Å². The van der Waals surface area contributed by atoms with Crippen LogP contribution >= 0.6 is 11.6 Å². The molecule has 55 heavy (non-hydrogen) atoms. The van der Waals surface area contributed by atoms with Gasteiger partial charge in [-0.2, -0.15) is 0 Å². The molecule has 1 aliphatic carbocycles. The van der Waals surface area contributed by atoms with Gasteiger partial charge in [-0.1, -0.05) is 61.2 Å². The number of esters is 1. The van der Waals surface area contributed by atoms with Crippen LogP contribution < -0.4 is 20.9 Å².